The van der Waals surface area contributed by atoms with Crippen LogP contribution in [-0.2, 0) is 9.47 Å². The number of methoxy groups -OCH3 is 1. The predicted octanol–water partition coefficient (Wildman–Crippen LogP) is -1.08. The van der Waals surface area contributed by atoms with Crippen LogP contribution in [0.15, 0.2) is 4.52 Å². The van der Waals surface area contributed by atoms with Crippen molar-refractivity contribution in [2.45, 2.75) is 13.8 Å². The van der Waals surface area contributed by atoms with Crippen molar-refractivity contribution in [2.24, 2.45) is 0 Å². The van der Waals surface area contributed by atoms with Gasteiger partial charge in [0, 0.05) is 7.11 Å². The normalized spacial score (nSPS) is 9.80. The summed E-state index contributed by atoms with van der Waals surface area (Å²) in [6.45, 7) is 5.17. The molecule has 0 radical (unpaired) electrons. The molecule has 1 rings (SSSR count). The van der Waals surface area contributed by atoms with Gasteiger partial charge in [-0.25, -0.2) is 0 Å². The van der Waals surface area contributed by atoms with E-state index in [-0.39, 0.29) is 25.6 Å². The van der Waals surface area contributed by atoms with Gasteiger partial charge in [-0.15, -0.1) is 0 Å². The van der Waals surface area contributed by atoms with Crippen LogP contribution in [0.3, 0.4) is 0 Å². The first kappa shape index (κ1) is 14.5. The van der Waals surface area contributed by atoms with Gasteiger partial charge in [0.05, 0.1) is 19.9 Å². The second-order valence-electron chi connectivity index (χ2n) is 2.88. The molecule has 0 bridgehead atoms. The molecule has 1 heterocycles. The maximum absolute atomic E-state index is 5.17. The first-order valence-electron chi connectivity index (χ1n) is 4.42. The number of hydrogen-bond acceptors (Lipinski definition) is 4. The molecule has 5 nitrogen and oxygen atoms in total. The average molecular weight is 206 g/mol. The molecule has 0 aliphatic rings. The van der Waals surface area contributed by atoms with Gasteiger partial charge in [0.2, 0.25) is 0 Å². The summed E-state index contributed by atoms with van der Waals surface area (Å²) in [7, 11) is 1.63. The van der Waals surface area contributed by atoms with Crippen LogP contribution in [0.2, 0.25) is 0 Å². The molecule has 0 aliphatic heterocycles. The summed E-state index contributed by atoms with van der Waals surface area (Å²) in [5.41, 5.74) is 0.959. The smallest absolute Gasteiger partial charge is 0.460 e. The Hall–Kier alpha value is -0.473. The van der Waals surface area contributed by atoms with Crippen LogP contribution in [0.4, 0.5) is 5.82 Å². The van der Waals surface area contributed by atoms with Crippen LogP contribution in [0.5, 0.6) is 0 Å². The van der Waals surface area contributed by atoms with E-state index in [4.69, 9.17) is 14.0 Å². The van der Waals surface area contributed by atoms with Gasteiger partial charge in [0.25, 0.3) is 0 Å². The molecule has 0 spiro atoms. The predicted molar refractivity (Wildman–Crippen MR) is 51.7 cm³/mol. The van der Waals surface area contributed by atoms with Gasteiger partial charge >= 0.3 is 18.9 Å². The number of aromatic nitrogens is 1. The van der Waals surface area contributed by atoms with E-state index in [0.29, 0.717) is 19.0 Å². The maximum Gasteiger partial charge on any atom is 1.00 e. The maximum atomic E-state index is 5.17. The largest absolute Gasteiger partial charge is 1.00 e. The third kappa shape index (κ3) is 4.71. The van der Waals surface area contributed by atoms with Gasteiger partial charge in [-0.1, -0.05) is 0 Å². The summed E-state index contributed by atoms with van der Waals surface area (Å²) in [5, 5.41) is 7.90. The van der Waals surface area contributed by atoms with Gasteiger partial charge in [0.1, 0.15) is 5.76 Å². The number of hydrogen-bond donors (Lipinski definition) is 0. The van der Waals surface area contributed by atoms with Crippen molar-refractivity contribution >= 4 is 5.82 Å². The summed E-state index contributed by atoms with van der Waals surface area (Å²) >= 11 is 0. The first-order valence-corrected chi connectivity index (χ1v) is 4.42. The molecular weight excluding hydrogens is 191 g/mol. The average Bonchev–Trinajstić information content (AvgIpc) is 2.49. The zero-order valence-electron chi connectivity index (χ0n) is 9.74. The molecule has 0 N–H and O–H groups in total. The molecule has 0 amide bonds. The van der Waals surface area contributed by atoms with Gasteiger partial charge in [-0.2, -0.15) is 0 Å². The molecule has 1 aromatic rings. The standard InChI is InChI=1S/C9H15N2O3.Li/c1-7-8(2)14-11-9(7)10-6-13-5-4-12-3;/h4-6H2,1-3H3;/q-1;+1. The van der Waals surface area contributed by atoms with E-state index in [1.807, 2.05) is 13.8 Å². The quantitative estimate of drug-likeness (QED) is 0.439. The fourth-order valence-corrected chi connectivity index (χ4v) is 0.867. The van der Waals surface area contributed by atoms with E-state index < -0.39 is 0 Å². The van der Waals surface area contributed by atoms with Crippen LogP contribution in [0.1, 0.15) is 11.3 Å². The second-order valence-corrected chi connectivity index (χ2v) is 2.88. The molecule has 0 fully saturated rings. The molecule has 0 saturated carbocycles. The Kier molecular flexibility index (Phi) is 7.53. The number of nitrogens with zero attached hydrogens (tertiary/aromatic N) is 2. The summed E-state index contributed by atoms with van der Waals surface area (Å²) in [4.78, 5) is 0. The molecule has 0 aliphatic carbocycles. The fourth-order valence-electron chi connectivity index (χ4n) is 0.867. The van der Waals surface area contributed by atoms with Crippen molar-refractivity contribution in [2.75, 3.05) is 27.1 Å². The molecule has 80 valence electrons. The molecule has 15 heavy (non-hydrogen) atoms. The summed E-state index contributed by atoms with van der Waals surface area (Å²) in [6.07, 6.45) is 0. The van der Waals surface area contributed by atoms with Crippen molar-refractivity contribution in [3.8, 4) is 0 Å². The van der Waals surface area contributed by atoms with Crippen LogP contribution in [0.25, 0.3) is 5.32 Å². The number of aryl methyl sites for hydroxylation is 1. The number of ether oxygens (including phenoxy) is 2. The van der Waals surface area contributed by atoms with Crippen LogP contribution in [0, 0.1) is 13.8 Å². The first-order chi connectivity index (χ1) is 6.75. The zero-order valence-corrected chi connectivity index (χ0v) is 9.74. The Labute approximate surface area is 102 Å². The molecule has 6 heteroatoms. The van der Waals surface area contributed by atoms with Crippen molar-refractivity contribution in [1.29, 1.82) is 0 Å². The number of rotatable bonds is 6. The SMILES string of the molecule is COCCOC[N-]c1noc(C)c1C.[Li+]. The van der Waals surface area contributed by atoms with E-state index in [2.05, 4.69) is 10.5 Å². The van der Waals surface area contributed by atoms with Crippen molar-refractivity contribution in [3.63, 3.8) is 0 Å². The van der Waals surface area contributed by atoms with Crippen molar-refractivity contribution in [1.82, 2.24) is 5.16 Å². The minimum Gasteiger partial charge on any atom is -0.460 e. The minimum absolute atomic E-state index is 0. The van der Waals surface area contributed by atoms with E-state index >= 15 is 0 Å². The van der Waals surface area contributed by atoms with Gasteiger partial charge < -0.3 is 19.3 Å². The molecule has 0 atom stereocenters. The Morgan fingerprint density at radius 2 is 2.07 bits per heavy atom. The molecule has 0 unspecified atom stereocenters. The third-order valence-corrected chi connectivity index (χ3v) is 1.87. The van der Waals surface area contributed by atoms with Crippen LogP contribution >= 0.6 is 0 Å². The molecule has 1 aromatic heterocycles. The van der Waals surface area contributed by atoms with Crippen LogP contribution in [-0.4, -0.2) is 32.2 Å². The Morgan fingerprint density at radius 3 is 2.60 bits per heavy atom. The van der Waals surface area contributed by atoms with Crippen molar-refractivity contribution < 1.29 is 32.9 Å². The van der Waals surface area contributed by atoms with Crippen LogP contribution < -0.4 is 18.9 Å². The summed E-state index contributed by atoms with van der Waals surface area (Å²) in [5.74, 6) is 1.40. The van der Waals surface area contributed by atoms with E-state index in [1.165, 1.54) is 0 Å². The van der Waals surface area contributed by atoms with Crippen molar-refractivity contribution in [3.05, 3.63) is 16.6 Å². The molecule has 0 aromatic carbocycles. The second kappa shape index (κ2) is 7.77. The van der Waals surface area contributed by atoms with Gasteiger partial charge in [-0.3, -0.25) is 5.16 Å². The van der Waals surface area contributed by atoms with E-state index in [9.17, 15) is 0 Å². The monoisotopic (exact) mass is 206 g/mol. The zero-order chi connectivity index (χ0) is 10.4. The Balaban J connectivity index is 0.00000196. The molecule has 0 saturated heterocycles. The minimum atomic E-state index is 0. The molecular formula is C9H15LiN2O3. The third-order valence-electron chi connectivity index (χ3n) is 1.87. The van der Waals surface area contributed by atoms with Gasteiger partial charge in [0.15, 0.2) is 0 Å². The van der Waals surface area contributed by atoms with E-state index in [1.54, 1.807) is 7.11 Å². The fraction of sp³-hybridized carbons (Fsp3) is 0.667. The Morgan fingerprint density at radius 1 is 1.33 bits per heavy atom. The topological polar surface area (TPSA) is 58.6 Å². The van der Waals surface area contributed by atoms with E-state index in [0.717, 1.165) is 11.3 Å². The Bertz CT molecular complexity index is 278. The summed E-state index contributed by atoms with van der Waals surface area (Å²) < 4.78 is 14.9. The summed E-state index contributed by atoms with van der Waals surface area (Å²) in [6, 6.07) is 0. The van der Waals surface area contributed by atoms with Gasteiger partial charge in [-0.05, 0) is 25.2 Å².